The smallest absolute Gasteiger partial charge is 0.0835 e. The highest BCUT2D eigenvalue weighted by atomic mass is 16.5. The molecule has 8 heavy (non-hydrogen) atoms. The second-order valence-corrected chi connectivity index (χ2v) is 2.10. The van der Waals surface area contributed by atoms with E-state index in [1.165, 1.54) is 0 Å². The Kier molecular flexibility index (Phi) is 1.83. The van der Waals surface area contributed by atoms with Crippen molar-refractivity contribution in [2.24, 2.45) is 11.7 Å². The molecule has 0 bridgehead atoms. The molecule has 1 rings (SSSR count). The van der Waals surface area contributed by atoms with Crippen molar-refractivity contribution in [1.82, 2.24) is 0 Å². The zero-order valence-corrected chi connectivity index (χ0v) is 4.71. The largest absolute Gasteiger partial charge is 0.390 e. The molecule has 3 nitrogen and oxygen atoms in total. The van der Waals surface area contributed by atoms with E-state index in [1.807, 2.05) is 0 Å². The third kappa shape index (κ3) is 0.992. The molecule has 0 radical (unpaired) electrons. The summed E-state index contributed by atoms with van der Waals surface area (Å²) in [4.78, 5) is 0. The molecule has 1 heterocycles. The minimum absolute atomic E-state index is 0.176. The molecular weight excluding hydrogens is 106 g/mol. The van der Waals surface area contributed by atoms with Gasteiger partial charge in [-0.2, -0.15) is 0 Å². The quantitative estimate of drug-likeness (QED) is 0.461. The first kappa shape index (κ1) is 6.01. The molecule has 0 aliphatic carbocycles. The zero-order valence-electron chi connectivity index (χ0n) is 4.71. The molecule has 0 unspecified atom stereocenters. The van der Waals surface area contributed by atoms with Crippen LogP contribution >= 0.6 is 0 Å². The van der Waals surface area contributed by atoms with Gasteiger partial charge in [-0.1, -0.05) is 0 Å². The SMILES string of the molecule is NC[C@H]1COC[C@@H]1O. The summed E-state index contributed by atoms with van der Waals surface area (Å²) in [5, 5.41) is 8.98. The van der Waals surface area contributed by atoms with E-state index >= 15 is 0 Å². The summed E-state index contributed by atoms with van der Waals surface area (Å²) in [5.41, 5.74) is 5.28. The lowest BCUT2D eigenvalue weighted by molar-refractivity contribution is 0.119. The fourth-order valence-electron chi connectivity index (χ4n) is 0.812. The number of nitrogens with two attached hydrogens (primary N) is 1. The van der Waals surface area contributed by atoms with Crippen LogP contribution in [0.5, 0.6) is 0 Å². The van der Waals surface area contributed by atoms with Gasteiger partial charge in [0.2, 0.25) is 0 Å². The van der Waals surface area contributed by atoms with Crippen molar-refractivity contribution in [3.05, 3.63) is 0 Å². The lowest BCUT2D eigenvalue weighted by Crippen LogP contribution is -2.25. The maximum absolute atomic E-state index is 8.98. The molecule has 1 aliphatic heterocycles. The summed E-state index contributed by atoms with van der Waals surface area (Å²) >= 11 is 0. The second-order valence-electron chi connectivity index (χ2n) is 2.10. The van der Waals surface area contributed by atoms with E-state index in [2.05, 4.69) is 0 Å². The molecule has 0 aromatic rings. The average molecular weight is 117 g/mol. The van der Waals surface area contributed by atoms with Crippen LogP contribution in [0.4, 0.5) is 0 Å². The Morgan fingerprint density at radius 3 is 2.62 bits per heavy atom. The molecule has 0 aromatic heterocycles. The molecule has 0 spiro atoms. The molecule has 3 heteroatoms. The Labute approximate surface area is 48.4 Å². The van der Waals surface area contributed by atoms with Gasteiger partial charge in [0.15, 0.2) is 0 Å². The Balaban J connectivity index is 2.30. The van der Waals surface area contributed by atoms with Crippen molar-refractivity contribution in [3.8, 4) is 0 Å². The van der Waals surface area contributed by atoms with Gasteiger partial charge in [0.1, 0.15) is 0 Å². The molecule has 3 N–H and O–H groups in total. The molecule has 1 aliphatic rings. The number of hydrogen-bond donors (Lipinski definition) is 2. The minimum atomic E-state index is -0.319. The van der Waals surface area contributed by atoms with Crippen LogP contribution in [0.2, 0.25) is 0 Å². The molecule has 1 saturated heterocycles. The minimum Gasteiger partial charge on any atom is -0.390 e. The van der Waals surface area contributed by atoms with Gasteiger partial charge in [-0.3, -0.25) is 0 Å². The number of rotatable bonds is 1. The van der Waals surface area contributed by atoms with Crippen LogP contribution in [0.15, 0.2) is 0 Å². The van der Waals surface area contributed by atoms with Crippen LogP contribution in [0, 0.1) is 5.92 Å². The monoisotopic (exact) mass is 117 g/mol. The number of ether oxygens (including phenoxy) is 1. The van der Waals surface area contributed by atoms with Crippen molar-refractivity contribution in [3.63, 3.8) is 0 Å². The first-order valence-corrected chi connectivity index (χ1v) is 2.80. The first-order valence-electron chi connectivity index (χ1n) is 2.80. The lowest BCUT2D eigenvalue weighted by Gasteiger charge is -2.06. The number of aliphatic hydroxyl groups is 1. The standard InChI is InChI=1S/C5H11NO2/c6-1-4-2-8-3-5(4)7/h4-5,7H,1-3,6H2/t4-,5-/m0/s1. The van der Waals surface area contributed by atoms with E-state index < -0.39 is 0 Å². The summed E-state index contributed by atoms with van der Waals surface area (Å²) in [6.45, 7) is 1.61. The van der Waals surface area contributed by atoms with Crippen LogP contribution in [0.25, 0.3) is 0 Å². The molecule has 48 valence electrons. The summed E-state index contributed by atoms with van der Waals surface area (Å²) < 4.78 is 4.93. The third-order valence-electron chi connectivity index (χ3n) is 1.47. The van der Waals surface area contributed by atoms with Crippen molar-refractivity contribution in [1.29, 1.82) is 0 Å². The van der Waals surface area contributed by atoms with Gasteiger partial charge in [-0.05, 0) is 6.54 Å². The van der Waals surface area contributed by atoms with Crippen molar-refractivity contribution < 1.29 is 9.84 Å². The molecule has 0 amide bonds. The van der Waals surface area contributed by atoms with Gasteiger partial charge in [-0.15, -0.1) is 0 Å². The maximum atomic E-state index is 8.98. The topological polar surface area (TPSA) is 55.5 Å². The van der Waals surface area contributed by atoms with Crippen LogP contribution < -0.4 is 5.73 Å². The summed E-state index contributed by atoms with van der Waals surface area (Å²) in [6.07, 6.45) is -0.319. The number of aliphatic hydroxyl groups excluding tert-OH is 1. The van der Waals surface area contributed by atoms with Crippen molar-refractivity contribution >= 4 is 0 Å². The lowest BCUT2D eigenvalue weighted by atomic mass is 10.1. The predicted molar refractivity (Wildman–Crippen MR) is 29.4 cm³/mol. The third-order valence-corrected chi connectivity index (χ3v) is 1.47. The highest BCUT2D eigenvalue weighted by molar-refractivity contribution is 4.73. The fraction of sp³-hybridized carbons (Fsp3) is 1.00. The van der Waals surface area contributed by atoms with Crippen LogP contribution in [-0.2, 0) is 4.74 Å². The van der Waals surface area contributed by atoms with Gasteiger partial charge in [0.05, 0.1) is 19.3 Å². The fourth-order valence-corrected chi connectivity index (χ4v) is 0.812. The highest BCUT2D eigenvalue weighted by Crippen LogP contribution is 2.10. The Morgan fingerprint density at radius 2 is 2.38 bits per heavy atom. The average Bonchev–Trinajstić information content (AvgIpc) is 2.14. The van der Waals surface area contributed by atoms with Crippen LogP contribution in [-0.4, -0.2) is 31.0 Å². The normalized spacial score (nSPS) is 38.2. The van der Waals surface area contributed by atoms with Crippen molar-refractivity contribution in [2.75, 3.05) is 19.8 Å². The van der Waals surface area contributed by atoms with Crippen LogP contribution in [0.3, 0.4) is 0 Å². The molecule has 1 fully saturated rings. The first-order chi connectivity index (χ1) is 3.84. The van der Waals surface area contributed by atoms with E-state index in [0.717, 1.165) is 0 Å². The summed E-state index contributed by atoms with van der Waals surface area (Å²) in [5.74, 6) is 0.176. The van der Waals surface area contributed by atoms with Gasteiger partial charge in [0.25, 0.3) is 0 Å². The summed E-state index contributed by atoms with van der Waals surface area (Å²) in [7, 11) is 0. The van der Waals surface area contributed by atoms with Gasteiger partial charge < -0.3 is 15.6 Å². The van der Waals surface area contributed by atoms with Gasteiger partial charge in [-0.25, -0.2) is 0 Å². The van der Waals surface area contributed by atoms with E-state index in [-0.39, 0.29) is 12.0 Å². The molecule has 0 saturated carbocycles. The van der Waals surface area contributed by atoms with Crippen molar-refractivity contribution in [2.45, 2.75) is 6.10 Å². The maximum Gasteiger partial charge on any atom is 0.0835 e. The Bertz CT molecular complexity index is 76.8. The zero-order chi connectivity index (χ0) is 5.98. The van der Waals surface area contributed by atoms with E-state index in [9.17, 15) is 0 Å². The molecule has 0 aromatic carbocycles. The van der Waals surface area contributed by atoms with Gasteiger partial charge >= 0.3 is 0 Å². The highest BCUT2D eigenvalue weighted by Gasteiger charge is 2.23. The Morgan fingerprint density at radius 1 is 1.62 bits per heavy atom. The summed E-state index contributed by atoms with van der Waals surface area (Å²) in [6, 6.07) is 0. The van der Waals surface area contributed by atoms with E-state index in [0.29, 0.717) is 19.8 Å². The Hall–Kier alpha value is -0.120. The predicted octanol–water partition coefficient (Wildman–Crippen LogP) is -1.05. The van der Waals surface area contributed by atoms with E-state index in [1.54, 1.807) is 0 Å². The number of hydrogen-bond acceptors (Lipinski definition) is 3. The van der Waals surface area contributed by atoms with Gasteiger partial charge in [0, 0.05) is 5.92 Å². The molecule has 2 atom stereocenters. The molecular formula is C5H11NO2. The second kappa shape index (κ2) is 2.44. The van der Waals surface area contributed by atoms with E-state index in [4.69, 9.17) is 15.6 Å². The van der Waals surface area contributed by atoms with Crippen LogP contribution in [0.1, 0.15) is 0 Å².